The van der Waals surface area contributed by atoms with E-state index in [4.69, 9.17) is 4.74 Å². The van der Waals surface area contributed by atoms with Gasteiger partial charge in [-0.05, 0) is 42.9 Å². The first-order valence-electron chi connectivity index (χ1n) is 9.94. The lowest BCUT2D eigenvalue weighted by Gasteiger charge is -2.21. The molecule has 1 aromatic rings. The van der Waals surface area contributed by atoms with Crippen LogP contribution in [-0.4, -0.2) is 31.9 Å². The number of allylic oxidation sites excluding steroid dienone is 3. The number of aliphatic hydroxyl groups excluding tert-OH is 1. The van der Waals surface area contributed by atoms with Crippen LogP contribution < -0.4 is 0 Å². The quantitative estimate of drug-likeness (QED) is 0.229. The first-order chi connectivity index (χ1) is 12.7. The van der Waals surface area contributed by atoms with Gasteiger partial charge in [-0.3, -0.25) is 0 Å². The van der Waals surface area contributed by atoms with Crippen molar-refractivity contribution >= 4 is 14.0 Å². The van der Waals surface area contributed by atoms with Gasteiger partial charge in [0.2, 0.25) is 0 Å². The summed E-state index contributed by atoms with van der Waals surface area (Å²) in [6.45, 7) is 11.7. The van der Waals surface area contributed by atoms with Crippen molar-refractivity contribution in [2.45, 2.75) is 58.5 Å². The molecule has 3 nitrogen and oxygen atoms in total. The number of carbonyl (C=O) groups excluding carboxylic acids is 1. The summed E-state index contributed by atoms with van der Waals surface area (Å²) < 4.78 is 5.25. The molecule has 0 saturated heterocycles. The molecule has 0 saturated carbocycles. The average Bonchev–Trinajstić information content (AvgIpc) is 2.63. The zero-order chi connectivity index (χ0) is 20.3. The van der Waals surface area contributed by atoms with Gasteiger partial charge in [-0.15, -0.1) is 0 Å². The summed E-state index contributed by atoms with van der Waals surface area (Å²) in [5.41, 5.74) is 0.577. The summed E-state index contributed by atoms with van der Waals surface area (Å²) in [5, 5.41) is 10.3. The maximum absolute atomic E-state index is 11.8. The first kappa shape index (κ1) is 23.4. The topological polar surface area (TPSA) is 46.5 Å². The Labute approximate surface area is 166 Å². The van der Waals surface area contributed by atoms with E-state index in [0.29, 0.717) is 18.1 Å². The van der Waals surface area contributed by atoms with Crippen molar-refractivity contribution in [3.8, 4) is 0 Å². The lowest BCUT2D eigenvalue weighted by atomic mass is 9.90. The fraction of sp³-hybridized carbons (Fsp3) is 0.522. The molecule has 27 heavy (non-hydrogen) atoms. The summed E-state index contributed by atoms with van der Waals surface area (Å²) in [6, 6.07) is 10.2. The molecule has 1 aromatic carbocycles. The van der Waals surface area contributed by atoms with Crippen LogP contribution in [0.1, 0.15) is 37.0 Å². The molecule has 1 rings (SSSR count). The molecule has 0 heterocycles. The van der Waals surface area contributed by atoms with E-state index in [-0.39, 0.29) is 11.9 Å². The van der Waals surface area contributed by atoms with E-state index in [2.05, 4.69) is 45.6 Å². The van der Waals surface area contributed by atoms with Crippen LogP contribution in [-0.2, 0) is 4.74 Å². The molecule has 3 atom stereocenters. The zero-order valence-corrected chi connectivity index (χ0v) is 18.5. The second kappa shape index (κ2) is 11.9. The SMILES string of the molecule is C[C@H](/C=C/C[Si](C)(C)C)[C@H](C)C(O)/C=C/CCCOC(=O)c1ccccc1. The number of benzene rings is 1. The summed E-state index contributed by atoms with van der Waals surface area (Å²) in [7, 11) is -1.05. The van der Waals surface area contributed by atoms with Crippen LogP contribution in [0.25, 0.3) is 0 Å². The number of aliphatic hydroxyl groups is 1. The third kappa shape index (κ3) is 10.3. The number of rotatable bonds is 11. The number of carbonyl (C=O) groups is 1. The monoisotopic (exact) mass is 388 g/mol. The van der Waals surface area contributed by atoms with Gasteiger partial charge in [0, 0.05) is 8.07 Å². The summed E-state index contributed by atoms with van der Waals surface area (Å²) in [6.07, 6.45) is 9.45. The first-order valence-corrected chi connectivity index (χ1v) is 13.6. The van der Waals surface area contributed by atoms with Gasteiger partial charge < -0.3 is 9.84 Å². The Morgan fingerprint density at radius 2 is 1.78 bits per heavy atom. The number of esters is 1. The van der Waals surface area contributed by atoms with Crippen LogP contribution in [0.2, 0.25) is 25.7 Å². The second-order valence-electron chi connectivity index (χ2n) is 8.47. The number of ether oxygens (including phenoxy) is 1. The largest absolute Gasteiger partial charge is 0.462 e. The molecule has 0 aliphatic carbocycles. The Balaban J connectivity index is 2.26. The van der Waals surface area contributed by atoms with Gasteiger partial charge in [0.25, 0.3) is 0 Å². The minimum absolute atomic E-state index is 0.176. The molecule has 0 bridgehead atoms. The highest BCUT2D eigenvalue weighted by molar-refractivity contribution is 6.76. The Hall–Kier alpha value is -1.65. The molecule has 4 heteroatoms. The van der Waals surface area contributed by atoms with Crippen molar-refractivity contribution < 1.29 is 14.6 Å². The minimum Gasteiger partial charge on any atom is -0.462 e. The lowest BCUT2D eigenvalue weighted by Crippen LogP contribution is -2.21. The Morgan fingerprint density at radius 3 is 2.41 bits per heavy atom. The molecular weight excluding hydrogens is 352 g/mol. The van der Waals surface area contributed by atoms with Crippen LogP contribution in [0, 0.1) is 11.8 Å². The van der Waals surface area contributed by atoms with Crippen LogP contribution >= 0.6 is 0 Å². The molecule has 0 radical (unpaired) electrons. The van der Waals surface area contributed by atoms with Gasteiger partial charge in [-0.1, -0.05) is 76.0 Å². The summed E-state index contributed by atoms with van der Waals surface area (Å²) in [4.78, 5) is 11.8. The maximum Gasteiger partial charge on any atom is 0.338 e. The Kier molecular flexibility index (Phi) is 10.3. The molecule has 0 fully saturated rings. The van der Waals surface area contributed by atoms with Crippen molar-refractivity contribution in [3.63, 3.8) is 0 Å². The number of unbranched alkanes of at least 4 members (excludes halogenated alkanes) is 1. The molecular formula is C23H36O3Si. The van der Waals surface area contributed by atoms with Crippen LogP contribution in [0.5, 0.6) is 0 Å². The molecule has 0 amide bonds. The van der Waals surface area contributed by atoms with Crippen molar-refractivity contribution in [1.29, 1.82) is 0 Å². The standard InChI is InChI=1S/C23H36O3Si/c1-19(13-12-18-27(3,4)5)20(2)22(24)16-10-7-11-17-26-23(25)21-14-8-6-9-15-21/h6,8-10,12-16,19-20,22,24H,7,11,17-18H2,1-5H3/b13-12+,16-10+/t19-,20+,22?/m1/s1. The van der Waals surface area contributed by atoms with Gasteiger partial charge in [-0.25, -0.2) is 4.79 Å². The average molecular weight is 389 g/mol. The molecule has 0 aliphatic rings. The van der Waals surface area contributed by atoms with E-state index in [0.717, 1.165) is 12.8 Å². The van der Waals surface area contributed by atoms with Crippen LogP contribution in [0.15, 0.2) is 54.6 Å². The molecule has 0 aromatic heterocycles. The van der Waals surface area contributed by atoms with E-state index >= 15 is 0 Å². The second-order valence-corrected chi connectivity index (χ2v) is 14.0. The van der Waals surface area contributed by atoms with Gasteiger partial charge in [0.1, 0.15) is 0 Å². The van der Waals surface area contributed by atoms with Crippen LogP contribution in [0.4, 0.5) is 0 Å². The fourth-order valence-corrected chi connectivity index (χ4v) is 3.40. The van der Waals surface area contributed by atoms with Crippen LogP contribution in [0.3, 0.4) is 0 Å². The van der Waals surface area contributed by atoms with E-state index in [9.17, 15) is 9.90 Å². The van der Waals surface area contributed by atoms with Gasteiger partial charge in [0.05, 0.1) is 18.3 Å². The Bertz CT molecular complexity index is 602. The lowest BCUT2D eigenvalue weighted by molar-refractivity contribution is 0.0501. The van der Waals surface area contributed by atoms with E-state index in [1.54, 1.807) is 12.1 Å². The third-order valence-electron chi connectivity index (χ3n) is 4.63. The zero-order valence-electron chi connectivity index (χ0n) is 17.5. The smallest absolute Gasteiger partial charge is 0.338 e. The molecule has 1 N–H and O–H groups in total. The molecule has 0 aliphatic heterocycles. The number of hydrogen-bond donors (Lipinski definition) is 1. The van der Waals surface area contributed by atoms with Gasteiger partial charge in [-0.2, -0.15) is 0 Å². The highest BCUT2D eigenvalue weighted by atomic mass is 28.3. The predicted molar refractivity (Wildman–Crippen MR) is 117 cm³/mol. The Morgan fingerprint density at radius 1 is 1.11 bits per heavy atom. The molecule has 150 valence electrons. The van der Waals surface area contributed by atoms with Crippen molar-refractivity contribution in [3.05, 3.63) is 60.2 Å². The van der Waals surface area contributed by atoms with E-state index in [1.807, 2.05) is 30.4 Å². The van der Waals surface area contributed by atoms with Crippen molar-refractivity contribution in [2.24, 2.45) is 11.8 Å². The highest BCUT2D eigenvalue weighted by Crippen LogP contribution is 2.19. The third-order valence-corrected chi connectivity index (χ3v) is 6.09. The van der Waals surface area contributed by atoms with E-state index < -0.39 is 14.2 Å². The number of hydrogen-bond acceptors (Lipinski definition) is 3. The maximum atomic E-state index is 11.8. The molecule has 0 spiro atoms. The predicted octanol–water partition coefficient (Wildman–Crippen LogP) is 5.71. The van der Waals surface area contributed by atoms with Gasteiger partial charge >= 0.3 is 5.97 Å². The highest BCUT2D eigenvalue weighted by Gasteiger charge is 2.17. The summed E-state index contributed by atoms with van der Waals surface area (Å²) in [5.74, 6) is 0.232. The van der Waals surface area contributed by atoms with Crippen molar-refractivity contribution in [2.75, 3.05) is 6.61 Å². The fourth-order valence-electron chi connectivity index (χ4n) is 2.56. The minimum atomic E-state index is -1.05. The van der Waals surface area contributed by atoms with Crippen molar-refractivity contribution in [1.82, 2.24) is 0 Å². The normalized spacial score (nSPS) is 15.8. The van der Waals surface area contributed by atoms with E-state index in [1.165, 1.54) is 6.04 Å². The van der Waals surface area contributed by atoms with Gasteiger partial charge in [0.15, 0.2) is 0 Å². The molecule has 1 unspecified atom stereocenters. The summed E-state index contributed by atoms with van der Waals surface area (Å²) >= 11 is 0.